The van der Waals surface area contributed by atoms with E-state index in [0.29, 0.717) is 0 Å². The van der Waals surface area contributed by atoms with Crippen LogP contribution in [0.4, 0.5) is 13.2 Å². The molecule has 1 aromatic rings. The van der Waals surface area contributed by atoms with Crippen molar-refractivity contribution in [2.75, 3.05) is 0 Å². The van der Waals surface area contributed by atoms with E-state index in [-0.39, 0.29) is 5.56 Å². The van der Waals surface area contributed by atoms with Gasteiger partial charge in [-0.05, 0) is 30.2 Å². The van der Waals surface area contributed by atoms with Crippen molar-refractivity contribution < 1.29 is 27.8 Å². The Kier molecular flexibility index (Phi) is 3.27. The Labute approximate surface area is 92.6 Å². The molecule has 0 aromatic carbocycles. The highest BCUT2D eigenvalue weighted by atomic mass is 35.5. The second-order valence-corrected chi connectivity index (χ2v) is 3.14. The molecule has 0 aliphatic heterocycles. The topological polar surface area (TPSA) is 59.4 Å². The monoisotopic (exact) mass is 255 g/mol. The normalized spacial score (nSPS) is 11.3. The molecule has 0 radical (unpaired) electrons. The number of pyridine rings is 1. The minimum Gasteiger partial charge on any atom is -0.503 e. The van der Waals surface area contributed by atoms with Gasteiger partial charge in [0.05, 0.1) is 0 Å². The number of hydrogen-bond acceptors (Lipinski definition) is 4. The van der Waals surface area contributed by atoms with Crippen molar-refractivity contribution in [1.82, 2.24) is 4.98 Å². The molecule has 1 aromatic heterocycles. The molecule has 0 spiro atoms. The van der Waals surface area contributed by atoms with Gasteiger partial charge < -0.3 is 9.84 Å². The van der Waals surface area contributed by atoms with Crippen LogP contribution >= 0.6 is 11.6 Å². The zero-order chi connectivity index (χ0) is 12.5. The van der Waals surface area contributed by atoms with Crippen molar-refractivity contribution in [2.45, 2.75) is 13.3 Å². The summed E-state index contributed by atoms with van der Waals surface area (Å²) < 4.78 is 39.0. The van der Waals surface area contributed by atoms with Gasteiger partial charge in [-0.1, -0.05) is 0 Å². The molecule has 0 fully saturated rings. The smallest absolute Gasteiger partial charge is 0.503 e. The van der Waals surface area contributed by atoms with E-state index in [1.165, 1.54) is 6.92 Å². The summed E-state index contributed by atoms with van der Waals surface area (Å²) in [6.45, 7) is 1.36. The van der Waals surface area contributed by atoms with Gasteiger partial charge in [-0.25, -0.2) is 4.98 Å². The molecule has 1 heterocycles. The van der Waals surface area contributed by atoms with Crippen LogP contribution < -0.4 is 4.74 Å². The van der Waals surface area contributed by atoms with E-state index in [9.17, 15) is 18.0 Å². The maximum atomic E-state index is 11.9. The van der Waals surface area contributed by atoms with Gasteiger partial charge in [0.1, 0.15) is 5.69 Å². The Balaban J connectivity index is 3.20. The largest absolute Gasteiger partial charge is 0.574 e. The zero-order valence-electron chi connectivity index (χ0n) is 7.80. The lowest BCUT2D eigenvalue weighted by Gasteiger charge is -2.10. The summed E-state index contributed by atoms with van der Waals surface area (Å²) in [7, 11) is 0. The van der Waals surface area contributed by atoms with Crippen LogP contribution in [0.3, 0.4) is 0 Å². The summed E-state index contributed by atoms with van der Waals surface area (Å²) >= 11 is 5.08. The molecule has 1 rings (SSSR count). The molecular formula is C8H5ClF3NO3. The molecule has 0 aliphatic rings. The summed E-state index contributed by atoms with van der Waals surface area (Å²) in [5, 5.41) is 8.08. The fourth-order valence-corrected chi connectivity index (χ4v) is 1.16. The van der Waals surface area contributed by atoms with Gasteiger partial charge in [-0.3, -0.25) is 4.79 Å². The van der Waals surface area contributed by atoms with Crippen LogP contribution in [0.25, 0.3) is 0 Å². The molecule has 0 saturated carbocycles. The minimum atomic E-state index is -5.01. The number of alkyl halides is 3. The van der Waals surface area contributed by atoms with Crippen molar-refractivity contribution in [3.8, 4) is 11.6 Å². The predicted molar refractivity (Wildman–Crippen MR) is 47.5 cm³/mol. The number of carbonyl (C=O) groups excluding carboxylic acids is 1. The highest BCUT2D eigenvalue weighted by Gasteiger charge is 2.33. The zero-order valence-corrected chi connectivity index (χ0v) is 8.56. The SMILES string of the molecule is Cc1cc(O)c(OC(F)(F)F)nc1C(=O)Cl. The molecule has 16 heavy (non-hydrogen) atoms. The molecule has 0 aliphatic carbocycles. The van der Waals surface area contributed by atoms with Crippen molar-refractivity contribution in [3.05, 3.63) is 17.3 Å². The van der Waals surface area contributed by atoms with Crippen LogP contribution in [0.1, 0.15) is 16.1 Å². The van der Waals surface area contributed by atoms with Crippen molar-refractivity contribution >= 4 is 16.8 Å². The second-order valence-electron chi connectivity index (χ2n) is 2.80. The highest BCUT2D eigenvalue weighted by Crippen LogP contribution is 2.31. The Morgan fingerprint density at radius 3 is 2.56 bits per heavy atom. The number of aryl methyl sites for hydroxylation is 1. The summed E-state index contributed by atoms with van der Waals surface area (Å²) in [5.41, 5.74) is -0.259. The molecule has 8 heteroatoms. The van der Waals surface area contributed by atoms with Crippen LogP contribution in [-0.2, 0) is 0 Å². The number of ether oxygens (including phenoxy) is 1. The van der Waals surface area contributed by atoms with E-state index in [1.54, 1.807) is 0 Å². The van der Waals surface area contributed by atoms with Gasteiger partial charge in [-0.2, -0.15) is 0 Å². The summed E-state index contributed by atoms with van der Waals surface area (Å²) in [5.74, 6) is -1.93. The Morgan fingerprint density at radius 2 is 2.12 bits per heavy atom. The average Bonchev–Trinajstić information content (AvgIpc) is 2.07. The van der Waals surface area contributed by atoms with Crippen LogP contribution in [0.2, 0.25) is 0 Å². The van der Waals surface area contributed by atoms with Crippen molar-refractivity contribution in [2.24, 2.45) is 0 Å². The molecular weight excluding hydrogens is 251 g/mol. The molecule has 0 bridgehead atoms. The summed E-state index contributed by atoms with van der Waals surface area (Å²) in [4.78, 5) is 14.0. The second kappa shape index (κ2) is 4.17. The number of rotatable bonds is 2. The quantitative estimate of drug-likeness (QED) is 0.824. The maximum Gasteiger partial charge on any atom is 0.574 e. The molecule has 0 atom stereocenters. The molecule has 88 valence electrons. The van der Waals surface area contributed by atoms with Crippen LogP contribution in [0.15, 0.2) is 6.07 Å². The van der Waals surface area contributed by atoms with E-state index in [1.807, 2.05) is 0 Å². The number of carbonyl (C=O) groups is 1. The summed E-state index contributed by atoms with van der Waals surface area (Å²) in [6.07, 6.45) is -5.01. The number of aromatic hydroxyl groups is 1. The maximum absolute atomic E-state index is 11.9. The van der Waals surface area contributed by atoms with Gasteiger partial charge in [0.2, 0.25) is 0 Å². The number of halogens is 4. The van der Waals surface area contributed by atoms with E-state index < -0.39 is 28.9 Å². The molecule has 0 saturated heterocycles. The third-order valence-corrected chi connectivity index (χ3v) is 1.74. The Morgan fingerprint density at radius 1 is 1.56 bits per heavy atom. The van der Waals surface area contributed by atoms with E-state index in [0.717, 1.165) is 6.07 Å². The van der Waals surface area contributed by atoms with Crippen molar-refractivity contribution in [3.63, 3.8) is 0 Å². The minimum absolute atomic E-state index is 0.145. The molecule has 4 nitrogen and oxygen atoms in total. The predicted octanol–water partition coefficient (Wildman–Crippen LogP) is 2.37. The first-order valence-corrected chi connectivity index (χ1v) is 4.24. The van der Waals surface area contributed by atoms with E-state index >= 15 is 0 Å². The number of aromatic nitrogens is 1. The fourth-order valence-electron chi connectivity index (χ4n) is 0.966. The van der Waals surface area contributed by atoms with E-state index in [2.05, 4.69) is 9.72 Å². The lowest BCUT2D eigenvalue weighted by molar-refractivity contribution is -0.276. The first kappa shape index (κ1) is 12.6. The lowest BCUT2D eigenvalue weighted by Crippen LogP contribution is -2.18. The van der Waals surface area contributed by atoms with Gasteiger partial charge in [0.15, 0.2) is 5.75 Å². The molecule has 1 N–H and O–H groups in total. The third-order valence-electron chi connectivity index (χ3n) is 1.56. The van der Waals surface area contributed by atoms with Gasteiger partial charge in [0.25, 0.3) is 11.1 Å². The third kappa shape index (κ3) is 2.99. The van der Waals surface area contributed by atoms with Gasteiger partial charge in [0, 0.05) is 0 Å². The molecule has 0 unspecified atom stereocenters. The number of hydrogen-bond donors (Lipinski definition) is 1. The Bertz CT molecular complexity index is 433. The standard InChI is InChI=1S/C8H5ClF3NO3/c1-3-2-4(14)7(16-8(10,11)12)13-5(3)6(9)15/h2,14H,1H3. The van der Waals surface area contributed by atoms with E-state index in [4.69, 9.17) is 16.7 Å². The van der Waals surface area contributed by atoms with Crippen LogP contribution in [0.5, 0.6) is 11.6 Å². The highest BCUT2D eigenvalue weighted by molar-refractivity contribution is 6.67. The van der Waals surface area contributed by atoms with Crippen molar-refractivity contribution in [1.29, 1.82) is 0 Å². The first-order valence-electron chi connectivity index (χ1n) is 3.87. The van der Waals surface area contributed by atoms with Gasteiger partial charge >= 0.3 is 6.36 Å². The molecule has 0 amide bonds. The Hall–Kier alpha value is -1.50. The fraction of sp³-hybridized carbons (Fsp3) is 0.250. The first-order chi connectivity index (χ1) is 7.20. The van der Waals surface area contributed by atoms with Crippen LogP contribution in [0, 0.1) is 6.92 Å². The lowest BCUT2D eigenvalue weighted by atomic mass is 10.2. The summed E-state index contributed by atoms with van der Waals surface area (Å²) in [6, 6.07) is 0.906. The van der Waals surface area contributed by atoms with Gasteiger partial charge in [-0.15, -0.1) is 13.2 Å². The number of nitrogens with zero attached hydrogens (tertiary/aromatic N) is 1. The van der Waals surface area contributed by atoms with Crippen LogP contribution in [-0.4, -0.2) is 21.7 Å². The average molecular weight is 256 g/mol.